The Morgan fingerprint density at radius 1 is 1.18 bits per heavy atom. The molecule has 1 unspecified atom stereocenters. The predicted molar refractivity (Wildman–Crippen MR) is 137 cm³/mol. The molecule has 1 saturated heterocycles. The molecule has 1 fully saturated rings. The number of carbonyl (C=O) groups excluding carboxylic acids is 1. The third-order valence-electron chi connectivity index (χ3n) is 6.57. The molecule has 0 saturated carbocycles. The molecule has 2 aromatic heterocycles. The van der Waals surface area contributed by atoms with E-state index in [9.17, 15) is 22.8 Å². The molecule has 0 N–H and O–H groups in total. The van der Waals surface area contributed by atoms with Gasteiger partial charge in [-0.15, -0.1) is 0 Å². The summed E-state index contributed by atoms with van der Waals surface area (Å²) >= 11 is 6.44. The van der Waals surface area contributed by atoms with Crippen LogP contribution in [0.2, 0.25) is 5.02 Å². The summed E-state index contributed by atoms with van der Waals surface area (Å²) in [6.07, 6.45) is 0.514. The average molecular weight is 543 g/mol. The van der Waals surface area contributed by atoms with Crippen LogP contribution in [0.4, 0.5) is 13.2 Å². The predicted octanol–water partition coefficient (Wildman–Crippen LogP) is 5.40. The fourth-order valence-corrected chi connectivity index (χ4v) is 5.01. The van der Waals surface area contributed by atoms with Crippen LogP contribution in [0.3, 0.4) is 0 Å². The summed E-state index contributed by atoms with van der Waals surface area (Å²) in [5, 5.41) is 0.132. The molecule has 2 aromatic carbocycles. The van der Waals surface area contributed by atoms with Gasteiger partial charge in [0, 0.05) is 24.8 Å². The number of fused-ring (bicyclic) bond motifs is 1. The first-order valence-electron chi connectivity index (χ1n) is 11.7. The number of pyridine rings is 1. The second-order valence-electron chi connectivity index (χ2n) is 8.84. The molecule has 196 valence electrons. The molecule has 5 rings (SSSR count). The lowest BCUT2D eigenvalue weighted by Crippen LogP contribution is -2.31. The third-order valence-corrected chi connectivity index (χ3v) is 6.87. The first-order chi connectivity index (χ1) is 18.2. The van der Waals surface area contributed by atoms with Gasteiger partial charge in [-0.1, -0.05) is 36.4 Å². The molecule has 11 heteroatoms. The number of alkyl halides is 3. The summed E-state index contributed by atoms with van der Waals surface area (Å²) in [5.41, 5.74) is 0.524. The minimum absolute atomic E-state index is 0.0222. The van der Waals surface area contributed by atoms with E-state index < -0.39 is 11.7 Å². The first kappa shape index (κ1) is 25.6. The largest absolute Gasteiger partial charge is 0.487 e. The van der Waals surface area contributed by atoms with E-state index in [2.05, 4.69) is 11.6 Å². The van der Waals surface area contributed by atoms with Crippen molar-refractivity contribution in [3.8, 4) is 11.4 Å². The summed E-state index contributed by atoms with van der Waals surface area (Å²) < 4.78 is 48.7. The van der Waals surface area contributed by atoms with Gasteiger partial charge in [0.25, 0.3) is 0 Å². The maximum atomic E-state index is 13.7. The molecule has 3 heterocycles. The van der Waals surface area contributed by atoms with Crippen molar-refractivity contribution in [1.29, 1.82) is 0 Å². The van der Waals surface area contributed by atoms with E-state index in [4.69, 9.17) is 16.3 Å². The summed E-state index contributed by atoms with van der Waals surface area (Å²) in [5.74, 6) is -0.0112. The molecule has 1 aliphatic rings. The molecule has 0 spiro atoms. The minimum Gasteiger partial charge on any atom is -0.487 e. The SMILES string of the molecule is C=CC(=O)N1CCC(n2c(=O)n(-c3ccc(OCc4ccccc4C(F)(F)F)c(Cl)c3)c3cnccc32)C1. The maximum Gasteiger partial charge on any atom is 0.416 e. The van der Waals surface area contributed by atoms with Crippen LogP contribution in [-0.4, -0.2) is 38.0 Å². The molecular weight excluding hydrogens is 521 g/mol. The Balaban J connectivity index is 1.46. The highest BCUT2D eigenvalue weighted by Gasteiger charge is 2.33. The number of rotatable bonds is 6. The number of amides is 1. The molecule has 1 aliphatic heterocycles. The van der Waals surface area contributed by atoms with Crippen molar-refractivity contribution < 1.29 is 22.7 Å². The monoisotopic (exact) mass is 542 g/mol. The highest BCUT2D eigenvalue weighted by Crippen LogP contribution is 2.34. The van der Waals surface area contributed by atoms with E-state index >= 15 is 0 Å². The van der Waals surface area contributed by atoms with Gasteiger partial charge < -0.3 is 9.64 Å². The van der Waals surface area contributed by atoms with Crippen molar-refractivity contribution in [2.45, 2.75) is 25.2 Å². The quantitative estimate of drug-likeness (QED) is 0.306. The van der Waals surface area contributed by atoms with Gasteiger partial charge in [-0.05, 0) is 42.8 Å². The normalized spacial score (nSPS) is 15.7. The summed E-state index contributed by atoms with van der Waals surface area (Å²) in [6, 6.07) is 11.3. The molecule has 0 aliphatic carbocycles. The van der Waals surface area contributed by atoms with Gasteiger partial charge in [-0.3, -0.25) is 18.9 Å². The van der Waals surface area contributed by atoms with E-state index in [1.165, 1.54) is 41.0 Å². The number of ether oxygens (including phenoxy) is 1. The molecule has 0 radical (unpaired) electrons. The van der Waals surface area contributed by atoms with Gasteiger partial charge in [-0.25, -0.2) is 4.79 Å². The highest BCUT2D eigenvalue weighted by atomic mass is 35.5. The van der Waals surface area contributed by atoms with E-state index in [0.29, 0.717) is 36.2 Å². The Labute approximate surface area is 220 Å². The standard InChI is InChI=1S/C27H22ClF3N4O3/c1-2-25(36)33-12-10-19(15-33)35-22-9-11-32-14-23(22)34(26(35)37)18-7-8-24(21(28)13-18)38-16-17-5-3-4-6-20(17)27(29,30)31/h2-9,11,13-14,19H,1,10,12,15-16H2. The van der Waals surface area contributed by atoms with Crippen molar-refractivity contribution >= 4 is 28.5 Å². The second-order valence-corrected chi connectivity index (χ2v) is 9.25. The van der Waals surface area contributed by atoms with Crippen molar-refractivity contribution in [1.82, 2.24) is 19.0 Å². The minimum atomic E-state index is -4.51. The van der Waals surface area contributed by atoms with E-state index in [1.807, 2.05) is 0 Å². The van der Waals surface area contributed by atoms with Crippen LogP contribution >= 0.6 is 11.6 Å². The zero-order chi connectivity index (χ0) is 27.0. The lowest BCUT2D eigenvalue weighted by atomic mass is 10.1. The van der Waals surface area contributed by atoms with Gasteiger partial charge >= 0.3 is 11.9 Å². The Morgan fingerprint density at radius 3 is 2.71 bits per heavy atom. The average Bonchev–Trinajstić information content (AvgIpc) is 3.49. The van der Waals surface area contributed by atoms with E-state index in [-0.39, 0.29) is 40.6 Å². The van der Waals surface area contributed by atoms with Gasteiger partial charge in [-0.2, -0.15) is 13.2 Å². The maximum absolute atomic E-state index is 13.7. The zero-order valence-corrected chi connectivity index (χ0v) is 20.7. The number of carbonyl (C=O) groups is 1. The van der Waals surface area contributed by atoms with E-state index in [0.717, 1.165) is 6.07 Å². The van der Waals surface area contributed by atoms with Crippen LogP contribution in [0.25, 0.3) is 16.7 Å². The molecule has 7 nitrogen and oxygen atoms in total. The Morgan fingerprint density at radius 2 is 1.97 bits per heavy atom. The second kappa shape index (κ2) is 10.0. The zero-order valence-electron chi connectivity index (χ0n) is 20.0. The molecular formula is C27H22ClF3N4O3. The number of hydrogen-bond donors (Lipinski definition) is 0. The number of nitrogens with zero attached hydrogens (tertiary/aromatic N) is 4. The summed E-state index contributed by atoms with van der Waals surface area (Å²) in [7, 11) is 0. The van der Waals surface area contributed by atoms with Crippen LogP contribution in [0.5, 0.6) is 5.75 Å². The van der Waals surface area contributed by atoms with Gasteiger partial charge in [0.2, 0.25) is 5.91 Å². The summed E-state index contributed by atoms with van der Waals surface area (Å²) in [6.45, 7) is 4.08. The van der Waals surface area contributed by atoms with Crippen molar-refractivity contribution in [2.75, 3.05) is 13.1 Å². The first-order valence-corrected chi connectivity index (χ1v) is 12.1. The molecule has 1 amide bonds. The topological polar surface area (TPSA) is 69.4 Å². The van der Waals surface area contributed by atoms with Crippen LogP contribution in [0.15, 0.2) is 78.4 Å². The number of likely N-dealkylation sites (tertiary alicyclic amines) is 1. The van der Waals surface area contributed by atoms with Crippen molar-refractivity contribution in [3.63, 3.8) is 0 Å². The fourth-order valence-electron chi connectivity index (χ4n) is 4.78. The van der Waals surface area contributed by atoms with Crippen LogP contribution < -0.4 is 10.4 Å². The number of aromatic nitrogens is 3. The number of benzene rings is 2. The Kier molecular flexibility index (Phi) is 6.75. The lowest BCUT2D eigenvalue weighted by molar-refractivity contribution is -0.138. The smallest absolute Gasteiger partial charge is 0.416 e. The highest BCUT2D eigenvalue weighted by molar-refractivity contribution is 6.32. The van der Waals surface area contributed by atoms with Gasteiger partial charge in [0.15, 0.2) is 0 Å². The van der Waals surface area contributed by atoms with Gasteiger partial charge in [0.05, 0.1) is 39.5 Å². The number of halogens is 4. The molecule has 1 atom stereocenters. The van der Waals surface area contributed by atoms with Crippen molar-refractivity contribution in [3.05, 3.63) is 100 Å². The summed E-state index contributed by atoms with van der Waals surface area (Å²) in [4.78, 5) is 31.5. The van der Waals surface area contributed by atoms with Crippen LogP contribution in [0.1, 0.15) is 23.6 Å². The van der Waals surface area contributed by atoms with Crippen LogP contribution in [0, 0.1) is 0 Å². The number of imidazole rings is 1. The molecule has 4 aromatic rings. The van der Waals surface area contributed by atoms with Gasteiger partial charge in [0.1, 0.15) is 12.4 Å². The van der Waals surface area contributed by atoms with E-state index in [1.54, 1.807) is 34.0 Å². The molecule has 38 heavy (non-hydrogen) atoms. The Hall–Kier alpha value is -4.05. The lowest BCUT2D eigenvalue weighted by Gasteiger charge is -2.15. The number of hydrogen-bond acceptors (Lipinski definition) is 4. The Bertz CT molecular complexity index is 1590. The third kappa shape index (κ3) is 4.67. The van der Waals surface area contributed by atoms with Crippen molar-refractivity contribution in [2.24, 2.45) is 0 Å². The molecule has 0 bridgehead atoms. The van der Waals surface area contributed by atoms with Crippen LogP contribution in [-0.2, 0) is 17.6 Å². The fraction of sp³-hybridized carbons (Fsp3) is 0.222.